The molecule has 86 valence electrons. The third kappa shape index (κ3) is 3.20. The Hall–Kier alpha value is -1.63. The molecule has 0 aromatic heterocycles. The number of non-ortho nitro benzene ring substituents is 1. The molecular weight excluding hydrogens is 237 g/mol. The standard InChI is InChI=1S/C9H8FNO4S/c1-5(9(12)13)16-8-3-6(10)2-7(4-8)11(14)15/h2-5H,1H3,(H,12,13). The summed E-state index contributed by atoms with van der Waals surface area (Å²) in [4.78, 5) is 20.5. The summed E-state index contributed by atoms with van der Waals surface area (Å²) in [5.41, 5.74) is -0.389. The van der Waals surface area contributed by atoms with E-state index in [4.69, 9.17) is 5.11 Å². The number of carboxylic acid groups (broad SMARTS) is 1. The topological polar surface area (TPSA) is 80.4 Å². The largest absolute Gasteiger partial charge is 0.480 e. The second-order valence-electron chi connectivity index (χ2n) is 3.00. The Balaban J connectivity index is 2.97. The van der Waals surface area contributed by atoms with Crippen LogP contribution < -0.4 is 0 Å². The van der Waals surface area contributed by atoms with Crippen molar-refractivity contribution < 1.29 is 19.2 Å². The van der Waals surface area contributed by atoms with E-state index in [1.807, 2.05) is 0 Å². The first-order valence-corrected chi connectivity index (χ1v) is 5.12. The van der Waals surface area contributed by atoms with E-state index in [0.29, 0.717) is 0 Å². The first-order valence-electron chi connectivity index (χ1n) is 4.24. The normalized spacial score (nSPS) is 12.1. The van der Waals surface area contributed by atoms with Gasteiger partial charge in [0.2, 0.25) is 0 Å². The Morgan fingerprint density at radius 3 is 2.69 bits per heavy atom. The first kappa shape index (κ1) is 12.4. The average molecular weight is 245 g/mol. The van der Waals surface area contributed by atoms with Gasteiger partial charge in [0.15, 0.2) is 0 Å². The summed E-state index contributed by atoms with van der Waals surface area (Å²) in [5, 5.41) is 18.3. The molecule has 1 aromatic rings. The monoisotopic (exact) mass is 245 g/mol. The molecule has 1 aromatic carbocycles. The Labute approximate surface area is 94.4 Å². The van der Waals surface area contributed by atoms with Crippen LogP contribution >= 0.6 is 11.8 Å². The molecule has 0 fully saturated rings. The highest BCUT2D eigenvalue weighted by Gasteiger charge is 2.16. The summed E-state index contributed by atoms with van der Waals surface area (Å²) in [5.74, 6) is -1.81. The molecule has 7 heteroatoms. The molecule has 0 saturated heterocycles. The minimum absolute atomic E-state index is 0.224. The molecule has 0 bridgehead atoms. The van der Waals surface area contributed by atoms with Gasteiger partial charge in [-0.1, -0.05) is 0 Å². The van der Waals surface area contributed by atoms with Gasteiger partial charge in [0.25, 0.3) is 5.69 Å². The Kier molecular flexibility index (Phi) is 3.83. The Morgan fingerprint density at radius 2 is 2.19 bits per heavy atom. The molecule has 1 unspecified atom stereocenters. The number of halogens is 1. The number of hydrogen-bond acceptors (Lipinski definition) is 4. The number of nitrogens with zero attached hydrogens (tertiary/aromatic N) is 1. The zero-order valence-electron chi connectivity index (χ0n) is 8.21. The van der Waals surface area contributed by atoms with Gasteiger partial charge in [-0.05, 0) is 13.0 Å². The van der Waals surface area contributed by atoms with Crippen molar-refractivity contribution in [3.8, 4) is 0 Å². The molecule has 0 amide bonds. The number of rotatable bonds is 4. The predicted molar refractivity (Wildman–Crippen MR) is 56.0 cm³/mol. The minimum Gasteiger partial charge on any atom is -0.480 e. The van der Waals surface area contributed by atoms with E-state index in [2.05, 4.69) is 0 Å². The maximum Gasteiger partial charge on any atom is 0.316 e. The fourth-order valence-electron chi connectivity index (χ4n) is 0.976. The second-order valence-corrected chi connectivity index (χ2v) is 4.41. The van der Waals surface area contributed by atoms with Crippen molar-refractivity contribution in [1.29, 1.82) is 0 Å². The average Bonchev–Trinajstić information content (AvgIpc) is 2.16. The van der Waals surface area contributed by atoms with Crippen LogP contribution in [0.4, 0.5) is 10.1 Å². The number of nitro groups is 1. The van der Waals surface area contributed by atoms with Crippen LogP contribution in [-0.2, 0) is 4.79 Å². The number of thioether (sulfide) groups is 1. The van der Waals surface area contributed by atoms with Gasteiger partial charge in [-0.25, -0.2) is 4.39 Å². The summed E-state index contributed by atoms with van der Waals surface area (Å²) in [7, 11) is 0. The van der Waals surface area contributed by atoms with Crippen LogP contribution in [0.25, 0.3) is 0 Å². The second kappa shape index (κ2) is 4.93. The predicted octanol–water partition coefficient (Wildman–Crippen LogP) is 2.30. The molecular formula is C9H8FNO4S. The van der Waals surface area contributed by atoms with Crippen molar-refractivity contribution in [3.05, 3.63) is 34.1 Å². The van der Waals surface area contributed by atoms with Crippen molar-refractivity contribution in [3.63, 3.8) is 0 Å². The highest BCUT2D eigenvalue weighted by Crippen LogP contribution is 2.27. The highest BCUT2D eigenvalue weighted by molar-refractivity contribution is 8.00. The SMILES string of the molecule is CC(Sc1cc(F)cc([N+](=O)[O-])c1)C(=O)O. The summed E-state index contributed by atoms with van der Waals surface area (Å²) >= 11 is 0.853. The van der Waals surface area contributed by atoms with Gasteiger partial charge in [-0.15, -0.1) is 11.8 Å². The van der Waals surface area contributed by atoms with E-state index in [-0.39, 0.29) is 10.6 Å². The number of carbonyl (C=O) groups is 1. The van der Waals surface area contributed by atoms with Crippen molar-refractivity contribution in [2.24, 2.45) is 0 Å². The van der Waals surface area contributed by atoms with Crippen molar-refractivity contribution >= 4 is 23.4 Å². The molecule has 5 nitrogen and oxygen atoms in total. The lowest BCUT2D eigenvalue weighted by molar-refractivity contribution is -0.385. The van der Waals surface area contributed by atoms with Gasteiger partial charge in [0.05, 0.1) is 11.0 Å². The van der Waals surface area contributed by atoms with Gasteiger partial charge < -0.3 is 5.11 Å². The summed E-state index contributed by atoms with van der Waals surface area (Å²) < 4.78 is 13.0. The van der Waals surface area contributed by atoms with E-state index in [0.717, 1.165) is 30.0 Å². The first-order chi connectivity index (χ1) is 7.40. The summed E-state index contributed by atoms with van der Waals surface area (Å²) in [6, 6.07) is 3.00. The van der Waals surface area contributed by atoms with Crippen molar-refractivity contribution in [2.45, 2.75) is 17.1 Å². The molecule has 16 heavy (non-hydrogen) atoms. The zero-order valence-corrected chi connectivity index (χ0v) is 9.03. The fourth-order valence-corrected chi connectivity index (χ4v) is 1.85. The number of hydrogen-bond donors (Lipinski definition) is 1. The third-order valence-electron chi connectivity index (χ3n) is 1.73. The Morgan fingerprint density at radius 1 is 1.56 bits per heavy atom. The lowest BCUT2D eigenvalue weighted by atomic mass is 10.3. The molecule has 0 aliphatic rings. The number of aliphatic carboxylic acids is 1. The Bertz CT molecular complexity index is 438. The maximum absolute atomic E-state index is 13.0. The zero-order chi connectivity index (χ0) is 12.3. The lowest BCUT2D eigenvalue weighted by Crippen LogP contribution is -2.11. The maximum atomic E-state index is 13.0. The van der Waals surface area contributed by atoms with Gasteiger partial charge in [0.1, 0.15) is 11.1 Å². The van der Waals surface area contributed by atoms with Crippen LogP contribution in [0.5, 0.6) is 0 Å². The number of carboxylic acids is 1. The molecule has 0 radical (unpaired) electrons. The van der Waals surface area contributed by atoms with Crippen LogP contribution in [0.15, 0.2) is 23.1 Å². The van der Waals surface area contributed by atoms with E-state index < -0.39 is 22.0 Å². The van der Waals surface area contributed by atoms with E-state index >= 15 is 0 Å². The molecule has 1 rings (SSSR count). The van der Waals surface area contributed by atoms with E-state index in [9.17, 15) is 19.3 Å². The molecule has 0 spiro atoms. The smallest absolute Gasteiger partial charge is 0.316 e. The molecule has 0 aliphatic carbocycles. The molecule has 1 atom stereocenters. The molecule has 0 aliphatic heterocycles. The summed E-state index contributed by atoms with van der Waals surface area (Å²) in [6.07, 6.45) is 0. The van der Waals surface area contributed by atoms with E-state index in [1.165, 1.54) is 6.92 Å². The highest BCUT2D eigenvalue weighted by atomic mass is 32.2. The van der Waals surface area contributed by atoms with Crippen LogP contribution in [-0.4, -0.2) is 21.2 Å². The van der Waals surface area contributed by atoms with Crippen molar-refractivity contribution in [1.82, 2.24) is 0 Å². The fraction of sp³-hybridized carbons (Fsp3) is 0.222. The van der Waals surface area contributed by atoms with Gasteiger partial charge >= 0.3 is 5.97 Å². The molecule has 1 N–H and O–H groups in total. The van der Waals surface area contributed by atoms with Gasteiger partial charge in [0, 0.05) is 11.0 Å². The van der Waals surface area contributed by atoms with Crippen LogP contribution in [0, 0.1) is 15.9 Å². The third-order valence-corrected chi connectivity index (χ3v) is 2.79. The minimum atomic E-state index is -1.06. The number of benzene rings is 1. The van der Waals surface area contributed by atoms with Crippen LogP contribution in [0.1, 0.15) is 6.92 Å². The van der Waals surface area contributed by atoms with Gasteiger partial charge in [-0.3, -0.25) is 14.9 Å². The number of nitro benzene ring substituents is 1. The van der Waals surface area contributed by atoms with E-state index in [1.54, 1.807) is 0 Å². The van der Waals surface area contributed by atoms with Gasteiger partial charge in [-0.2, -0.15) is 0 Å². The molecule has 0 heterocycles. The van der Waals surface area contributed by atoms with Crippen molar-refractivity contribution in [2.75, 3.05) is 0 Å². The lowest BCUT2D eigenvalue weighted by Gasteiger charge is -2.05. The molecule has 0 saturated carbocycles. The summed E-state index contributed by atoms with van der Waals surface area (Å²) in [6.45, 7) is 1.42. The quantitative estimate of drug-likeness (QED) is 0.500. The van der Waals surface area contributed by atoms with Crippen LogP contribution in [0.3, 0.4) is 0 Å². The van der Waals surface area contributed by atoms with Crippen LogP contribution in [0.2, 0.25) is 0 Å².